The van der Waals surface area contributed by atoms with E-state index in [2.05, 4.69) is 18.8 Å². The van der Waals surface area contributed by atoms with Gasteiger partial charge in [0.2, 0.25) is 0 Å². The van der Waals surface area contributed by atoms with Crippen LogP contribution >= 0.6 is 11.6 Å². The molecule has 0 fully saturated rings. The summed E-state index contributed by atoms with van der Waals surface area (Å²) >= 11 is 6.18. The Morgan fingerprint density at radius 1 is 1.29 bits per heavy atom. The molecule has 17 heavy (non-hydrogen) atoms. The van der Waals surface area contributed by atoms with Crippen molar-refractivity contribution >= 4 is 22.5 Å². The van der Waals surface area contributed by atoms with Crippen LogP contribution in [0.1, 0.15) is 25.1 Å². The van der Waals surface area contributed by atoms with Gasteiger partial charge in [-0.3, -0.25) is 4.98 Å². The molecule has 0 aliphatic carbocycles. The molecule has 1 heterocycles. The van der Waals surface area contributed by atoms with Gasteiger partial charge in [0.1, 0.15) is 5.82 Å². The van der Waals surface area contributed by atoms with Crippen LogP contribution in [0.25, 0.3) is 10.9 Å². The summed E-state index contributed by atoms with van der Waals surface area (Å²) in [5, 5.41) is 1.27. The molecule has 0 spiro atoms. The van der Waals surface area contributed by atoms with Gasteiger partial charge >= 0.3 is 0 Å². The third-order valence-corrected chi connectivity index (χ3v) is 3.00. The van der Waals surface area contributed by atoms with E-state index in [-0.39, 0.29) is 5.82 Å². The summed E-state index contributed by atoms with van der Waals surface area (Å²) in [6.07, 6.45) is 0.881. The quantitative estimate of drug-likeness (QED) is 0.764. The molecule has 0 atom stereocenters. The Balaban J connectivity index is 2.64. The lowest BCUT2D eigenvalue weighted by molar-refractivity contribution is 0.627. The van der Waals surface area contributed by atoms with Crippen molar-refractivity contribution in [3.05, 3.63) is 40.3 Å². The summed E-state index contributed by atoms with van der Waals surface area (Å²) in [7, 11) is 0. The lowest BCUT2D eigenvalue weighted by Gasteiger charge is -2.09. The van der Waals surface area contributed by atoms with E-state index in [1.165, 1.54) is 12.1 Å². The van der Waals surface area contributed by atoms with E-state index < -0.39 is 0 Å². The predicted molar refractivity (Wildman–Crippen MR) is 70.0 cm³/mol. The Morgan fingerprint density at radius 3 is 2.65 bits per heavy atom. The predicted octanol–water partition coefficient (Wildman–Crippen LogP) is 4.53. The van der Waals surface area contributed by atoms with Crippen molar-refractivity contribution in [2.45, 2.75) is 27.2 Å². The first-order valence-corrected chi connectivity index (χ1v) is 6.10. The molecule has 1 aromatic heterocycles. The zero-order valence-corrected chi connectivity index (χ0v) is 11.0. The molecule has 0 N–H and O–H groups in total. The molecule has 0 amide bonds. The number of fused-ring (bicyclic) bond motifs is 1. The fraction of sp³-hybridized carbons (Fsp3) is 0.357. The summed E-state index contributed by atoms with van der Waals surface area (Å²) in [5.41, 5.74) is 2.59. The molecule has 0 saturated carbocycles. The summed E-state index contributed by atoms with van der Waals surface area (Å²) in [6, 6.07) is 4.77. The van der Waals surface area contributed by atoms with Crippen LogP contribution < -0.4 is 0 Å². The molecule has 0 radical (unpaired) electrons. The SMILES string of the molecule is Cc1cc(F)cc2c(Cl)cc(CC(C)C)nc12. The van der Waals surface area contributed by atoms with Crippen LogP contribution in [0.15, 0.2) is 18.2 Å². The molecular formula is C14H15ClFN. The second kappa shape index (κ2) is 4.61. The molecule has 0 saturated heterocycles. The van der Waals surface area contributed by atoms with Gasteiger partial charge in [0.05, 0.1) is 10.5 Å². The molecule has 0 unspecified atom stereocenters. The first kappa shape index (κ1) is 12.3. The number of pyridine rings is 1. The van der Waals surface area contributed by atoms with Gasteiger partial charge in [-0.05, 0) is 43.0 Å². The number of rotatable bonds is 2. The van der Waals surface area contributed by atoms with E-state index in [9.17, 15) is 4.39 Å². The second-order valence-electron chi connectivity index (χ2n) is 4.81. The zero-order valence-electron chi connectivity index (χ0n) is 10.2. The molecule has 2 aromatic rings. The summed E-state index contributed by atoms with van der Waals surface area (Å²) < 4.78 is 13.3. The Morgan fingerprint density at radius 2 is 2.00 bits per heavy atom. The van der Waals surface area contributed by atoms with Crippen molar-refractivity contribution in [1.29, 1.82) is 0 Å². The largest absolute Gasteiger partial charge is 0.252 e. The van der Waals surface area contributed by atoms with Gasteiger partial charge in [-0.1, -0.05) is 25.4 Å². The minimum atomic E-state index is -0.268. The van der Waals surface area contributed by atoms with Crippen LogP contribution in [0.5, 0.6) is 0 Å². The smallest absolute Gasteiger partial charge is 0.124 e. The number of benzene rings is 1. The fourth-order valence-corrected chi connectivity index (χ4v) is 2.26. The molecule has 1 aromatic carbocycles. The van der Waals surface area contributed by atoms with Crippen molar-refractivity contribution in [2.75, 3.05) is 0 Å². The highest BCUT2D eigenvalue weighted by Gasteiger charge is 2.09. The van der Waals surface area contributed by atoms with Gasteiger partial charge < -0.3 is 0 Å². The number of aryl methyl sites for hydroxylation is 1. The van der Waals surface area contributed by atoms with Crippen molar-refractivity contribution in [2.24, 2.45) is 5.92 Å². The van der Waals surface area contributed by atoms with Gasteiger partial charge in [0.25, 0.3) is 0 Å². The van der Waals surface area contributed by atoms with Crippen LogP contribution in [-0.2, 0) is 6.42 Å². The van der Waals surface area contributed by atoms with Gasteiger partial charge in [-0.25, -0.2) is 4.39 Å². The van der Waals surface area contributed by atoms with Gasteiger partial charge in [-0.2, -0.15) is 0 Å². The molecule has 1 nitrogen and oxygen atoms in total. The summed E-state index contributed by atoms with van der Waals surface area (Å²) in [5.74, 6) is 0.257. The van der Waals surface area contributed by atoms with Crippen molar-refractivity contribution < 1.29 is 4.39 Å². The number of halogens is 2. The Bertz CT molecular complexity index is 564. The highest BCUT2D eigenvalue weighted by molar-refractivity contribution is 6.35. The molecular weight excluding hydrogens is 237 g/mol. The molecule has 0 aliphatic rings. The van der Waals surface area contributed by atoms with E-state index in [0.29, 0.717) is 16.3 Å². The minimum absolute atomic E-state index is 0.268. The number of nitrogens with zero attached hydrogens (tertiary/aromatic N) is 1. The summed E-state index contributed by atoms with van der Waals surface area (Å²) in [6.45, 7) is 6.13. The Hall–Kier alpha value is -1.15. The Labute approximate surface area is 106 Å². The molecule has 0 bridgehead atoms. The van der Waals surface area contributed by atoms with E-state index in [1.807, 2.05) is 13.0 Å². The molecule has 0 aliphatic heterocycles. The average Bonchev–Trinajstić information content (AvgIpc) is 2.19. The highest BCUT2D eigenvalue weighted by atomic mass is 35.5. The van der Waals surface area contributed by atoms with E-state index >= 15 is 0 Å². The lowest BCUT2D eigenvalue weighted by atomic mass is 10.1. The van der Waals surface area contributed by atoms with Gasteiger partial charge in [0, 0.05) is 11.1 Å². The Kier molecular flexibility index (Phi) is 3.34. The topological polar surface area (TPSA) is 12.9 Å². The third-order valence-electron chi connectivity index (χ3n) is 2.69. The fourth-order valence-electron chi connectivity index (χ4n) is 1.99. The first-order valence-electron chi connectivity index (χ1n) is 5.72. The van der Waals surface area contributed by atoms with Crippen molar-refractivity contribution in [3.63, 3.8) is 0 Å². The average molecular weight is 252 g/mol. The van der Waals surface area contributed by atoms with Crippen LogP contribution in [0.3, 0.4) is 0 Å². The third kappa shape index (κ3) is 2.58. The van der Waals surface area contributed by atoms with Gasteiger partial charge in [0.15, 0.2) is 0 Å². The van der Waals surface area contributed by atoms with E-state index in [0.717, 1.165) is 23.2 Å². The van der Waals surface area contributed by atoms with Crippen molar-refractivity contribution in [1.82, 2.24) is 4.98 Å². The standard InChI is InChI=1S/C14H15ClFN/c1-8(2)4-11-7-13(15)12-6-10(16)5-9(3)14(12)17-11/h5-8H,4H2,1-3H3. The van der Waals surface area contributed by atoms with Crippen LogP contribution in [0, 0.1) is 18.7 Å². The minimum Gasteiger partial charge on any atom is -0.252 e. The van der Waals surface area contributed by atoms with Crippen LogP contribution in [0.4, 0.5) is 4.39 Å². The van der Waals surface area contributed by atoms with E-state index in [1.54, 1.807) is 0 Å². The number of hydrogen-bond donors (Lipinski definition) is 0. The number of hydrogen-bond acceptors (Lipinski definition) is 1. The number of aromatic nitrogens is 1. The van der Waals surface area contributed by atoms with Crippen molar-refractivity contribution in [3.8, 4) is 0 Å². The zero-order chi connectivity index (χ0) is 12.6. The highest BCUT2D eigenvalue weighted by Crippen LogP contribution is 2.27. The normalized spacial score (nSPS) is 11.4. The second-order valence-corrected chi connectivity index (χ2v) is 5.22. The monoisotopic (exact) mass is 251 g/mol. The maximum atomic E-state index is 13.3. The molecule has 90 valence electrons. The maximum Gasteiger partial charge on any atom is 0.124 e. The maximum absolute atomic E-state index is 13.3. The van der Waals surface area contributed by atoms with Crippen LogP contribution in [-0.4, -0.2) is 4.98 Å². The van der Waals surface area contributed by atoms with E-state index in [4.69, 9.17) is 11.6 Å². The molecule has 3 heteroatoms. The molecule has 2 rings (SSSR count). The first-order chi connectivity index (χ1) is 7.97. The lowest BCUT2D eigenvalue weighted by Crippen LogP contribution is -1.99. The van der Waals surface area contributed by atoms with Gasteiger partial charge in [-0.15, -0.1) is 0 Å². The summed E-state index contributed by atoms with van der Waals surface area (Å²) in [4.78, 5) is 4.57. The van der Waals surface area contributed by atoms with Crippen LogP contribution in [0.2, 0.25) is 5.02 Å².